The Labute approximate surface area is 98.6 Å². The van der Waals surface area contributed by atoms with Gasteiger partial charge >= 0.3 is 0 Å². The number of fused-ring (bicyclic) bond motifs is 1. The fraction of sp³-hybridized carbons (Fsp3) is 0.833. The second-order valence-corrected chi connectivity index (χ2v) is 5.71. The summed E-state index contributed by atoms with van der Waals surface area (Å²) < 4.78 is 0. The summed E-state index contributed by atoms with van der Waals surface area (Å²) in [5.74, 6) is 0.836. The summed E-state index contributed by atoms with van der Waals surface area (Å²) in [6.07, 6.45) is 6.10. The van der Waals surface area contributed by atoms with E-state index in [4.69, 9.17) is 0 Å². The maximum absolute atomic E-state index is 4.20. The van der Waals surface area contributed by atoms with Gasteiger partial charge in [0.1, 0.15) is 7.28 Å². The van der Waals surface area contributed by atoms with E-state index < -0.39 is 0 Å². The molecule has 0 saturated heterocycles. The Kier molecular flexibility index (Phi) is 3.36. The maximum Gasteiger partial charge on any atom is 0.124 e. The first-order valence-electron chi connectivity index (χ1n) is 6.52. The molecule has 1 unspecified atom stereocenters. The molecule has 1 N–H and O–H groups in total. The van der Waals surface area contributed by atoms with Gasteiger partial charge in [-0.15, -0.1) is 5.10 Å². The van der Waals surface area contributed by atoms with Crippen molar-refractivity contribution in [3.05, 3.63) is 11.4 Å². The standard InChI is InChI=1S/C12H22BN3/c1-12(2,13-3)9-5-4-6-10-11(8-7-9)15-16-14-10/h9,13H,4-8H2,1-3H3,(H,14,15,16). The van der Waals surface area contributed by atoms with Crippen LogP contribution in [0.4, 0.5) is 0 Å². The Balaban J connectivity index is 2.08. The van der Waals surface area contributed by atoms with Crippen molar-refractivity contribution in [3.63, 3.8) is 0 Å². The van der Waals surface area contributed by atoms with Gasteiger partial charge in [0, 0.05) is 0 Å². The lowest BCUT2D eigenvalue weighted by Crippen LogP contribution is -2.24. The molecule has 0 aliphatic heterocycles. The summed E-state index contributed by atoms with van der Waals surface area (Å²) >= 11 is 0. The second-order valence-electron chi connectivity index (χ2n) is 5.71. The molecule has 1 aromatic heterocycles. The Hall–Kier alpha value is -0.795. The van der Waals surface area contributed by atoms with E-state index in [1.807, 2.05) is 0 Å². The predicted octanol–water partition coefficient (Wildman–Crippen LogP) is 2.37. The average molecular weight is 219 g/mol. The zero-order chi connectivity index (χ0) is 11.6. The predicted molar refractivity (Wildman–Crippen MR) is 68.2 cm³/mol. The first kappa shape index (κ1) is 11.7. The van der Waals surface area contributed by atoms with Gasteiger partial charge in [-0.1, -0.05) is 37.6 Å². The van der Waals surface area contributed by atoms with Gasteiger partial charge in [0.2, 0.25) is 0 Å². The first-order valence-corrected chi connectivity index (χ1v) is 6.52. The lowest BCUT2D eigenvalue weighted by atomic mass is 9.49. The highest BCUT2D eigenvalue weighted by atomic mass is 15.3. The number of nitrogens with zero attached hydrogens (tertiary/aromatic N) is 2. The van der Waals surface area contributed by atoms with Crippen LogP contribution >= 0.6 is 0 Å². The van der Waals surface area contributed by atoms with Crippen molar-refractivity contribution in [3.8, 4) is 0 Å². The highest BCUT2D eigenvalue weighted by Crippen LogP contribution is 2.40. The zero-order valence-electron chi connectivity index (χ0n) is 10.7. The van der Waals surface area contributed by atoms with Gasteiger partial charge in [0.05, 0.1) is 11.4 Å². The number of aromatic nitrogens is 3. The molecular weight excluding hydrogens is 197 g/mol. The van der Waals surface area contributed by atoms with E-state index in [0.717, 1.165) is 18.8 Å². The topological polar surface area (TPSA) is 41.6 Å². The number of aryl methyl sites for hydroxylation is 2. The molecular formula is C12H22BN3. The van der Waals surface area contributed by atoms with Gasteiger partial charge < -0.3 is 0 Å². The van der Waals surface area contributed by atoms with E-state index in [9.17, 15) is 0 Å². The third-order valence-electron chi connectivity index (χ3n) is 4.43. The normalized spacial score (nSPS) is 22.1. The van der Waals surface area contributed by atoms with Crippen molar-refractivity contribution < 1.29 is 0 Å². The highest BCUT2D eigenvalue weighted by molar-refractivity contribution is 6.38. The molecule has 4 heteroatoms. The van der Waals surface area contributed by atoms with E-state index in [0.29, 0.717) is 5.31 Å². The highest BCUT2D eigenvalue weighted by Gasteiger charge is 2.29. The zero-order valence-corrected chi connectivity index (χ0v) is 10.7. The van der Waals surface area contributed by atoms with Crippen LogP contribution in [0.3, 0.4) is 0 Å². The van der Waals surface area contributed by atoms with E-state index in [-0.39, 0.29) is 0 Å². The molecule has 1 aliphatic carbocycles. The van der Waals surface area contributed by atoms with Crippen LogP contribution in [0.2, 0.25) is 12.1 Å². The van der Waals surface area contributed by atoms with Gasteiger partial charge in [0.15, 0.2) is 0 Å². The number of hydrogen-bond donors (Lipinski definition) is 1. The van der Waals surface area contributed by atoms with Crippen LogP contribution in [0.15, 0.2) is 0 Å². The first-order chi connectivity index (χ1) is 7.63. The smallest absolute Gasteiger partial charge is 0.124 e. The largest absolute Gasteiger partial charge is 0.262 e. The monoisotopic (exact) mass is 219 g/mol. The Morgan fingerprint density at radius 3 is 2.88 bits per heavy atom. The Morgan fingerprint density at radius 1 is 1.31 bits per heavy atom. The molecule has 0 spiro atoms. The fourth-order valence-corrected chi connectivity index (χ4v) is 2.72. The number of aromatic amines is 1. The minimum absolute atomic E-state index is 0.473. The molecule has 16 heavy (non-hydrogen) atoms. The quantitative estimate of drug-likeness (QED) is 0.776. The van der Waals surface area contributed by atoms with Crippen LogP contribution in [0.5, 0.6) is 0 Å². The van der Waals surface area contributed by atoms with Crippen molar-refractivity contribution in [1.29, 1.82) is 0 Å². The van der Waals surface area contributed by atoms with Crippen LogP contribution < -0.4 is 0 Å². The molecule has 0 fully saturated rings. The lowest BCUT2D eigenvalue weighted by molar-refractivity contribution is 0.335. The average Bonchev–Trinajstić information content (AvgIpc) is 2.64. The summed E-state index contributed by atoms with van der Waals surface area (Å²) in [5, 5.41) is 11.6. The van der Waals surface area contributed by atoms with Crippen molar-refractivity contribution in [1.82, 2.24) is 15.4 Å². The van der Waals surface area contributed by atoms with Crippen molar-refractivity contribution in [2.75, 3.05) is 0 Å². The van der Waals surface area contributed by atoms with Crippen molar-refractivity contribution in [2.45, 2.75) is 58.1 Å². The van der Waals surface area contributed by atoms with Crippen LogP contribution in [-0.4, -0.2) is 22.7 Å². The summed E-state index contributed by atoms with van der Waals surface area (Å²) in [7, 11) is 1.27. The van der Waals surface area contributed by atoms with E-state index in [1.165, 1.54) is 37.9 Å². The number of hydrogen-bond acceptors (Lipinski definition) is 2. The van der Waals surface area contributed by atoms with Crippen molar-refractivity contribution in [2.24, 2.45) is 5.92 Å². The molecule has 0 radical (unpaired) electrons. The Bertz CT molecular complexity index is 346. The number of rotatable bonds is 2. The summed E-state index contributed by atoms with van der Waals surface area (Å²) in [6.45, 7) is 7.12. The summed E-state index contributed by atoms with van der Waals surface area (Å²) in [4.78, 5) is 0. The molecule has 3 nitrogen and oxygen atoms in total. The maximum atomic E-state index is 4.20. The molecule has 1 heterocycles. The van der Waals surface area contributed by atoms with Crippen LogP contribution in [-0.2, 0) is 12.8 Å². The molecule has 1 atom stereocenters. The Morgan fingerprint density at radius 2 is 2.12 bits per heavy atom. The fourth-order valence-electron chi connectivity index (χ4n) is 2.72. The SMILES string of the molecule is CBC(C)(C)C1CCCc2[nH]nnc2CC1. The second kappa shape index (κ2) is 4.60. The molecule has 1 aromatic rings. The van der Waals surface area contributed by atoms with Crippen LogP contribution in [0.1, 0.15) is 44.5 Å². The lowest BCUT2D eigenvalue weighted by Gasteiger charge is -2.34. The van der Waals surface area contributed by atoms with Crippen molar-refractivity contribution >= 4 is 7.28 Å². The number of nitrogens with one attached hydrogen (secondary N) is 1. The summed E-state index contributed by atoms with van der Waals surface area (Å²) in [5.41, 5.74) is 2.48. The third-order valence-corrected chi connectivity index (χ3v) is 4.43. The third kappa shape index (κ3) is 2.31. The molecule has 0 saturated carbocycles. The molecule has 0 amide bonds. The van der Waals surface area contributed by atoms with Gasteiger partial charge in [0.25, 0.3) is 0 Å². The minimum atomic E-state index is 0.473. The van der Waals surface area contributed by atoms with Gasteiger partial charge in [-0.25, -0.2) is 0 Å². The molecule has 2 rings (SSSR count). The van der Waals surface area contributed by atoms with Crippen LogP contribution in [0.25, 0.3) is 0 Å². The van der Waals surface area contributed by atoms with E-state index in [1.54, 1.807) is 0 Å². The minimum Gasteiger partial charge on any atom is -0.262 e. The van der Waals surface area contributed by atoms with E-state index in [2.05, 4.69) is 36.1 Å². The molecule has 0 bridgehead atoms. The van der Waals surface area contributed by atoms with E-state index >= 15 is 0 Å². The molecule has 88 valence electrons. The van der Waals surface area contributed by atoms with Gasteiger partial charge in [-0.3, -0.25) is 5.10 Å². The number of H-pyrrole nitrogens is 1. The molecule has 0 aromatic carbocycles. The van der Waals surface area contributed by atoms with Gasteiger partial charge in [-0.2, -0.15) is 0 Å². The summed E-state index contributed by atoms with van der Waals surface area (Å²) in [6, 6.07) is 0. The van der Waals surface area contributed by atoms with Gasteiger partial charge in [-0.05, 0) is 31.6 Å². The molecule has 1 aliphatic rings. The van der Waals surface area contributed by atoms with Crippen LogP contribution in [0, 0.1) is 5.92 Å².